The van der Waals surface area contributed by atoms with Crippen LogP contribution in [0.25, 0.3) is 0 Å². The second-order valence-electron chi connectivity index (χ2n) is 6.63. The van der Waals surface area contributed by atoms with E-state index in [0.29, 0.717) is 29.0 Å². The molecule has 0 bridgehead atoms. The molecule has 1 aromatic carbocycles. The molecule has 1 fully saturated rings. The van der Waals surface area contributed by atoms with Crippen molar-refractivity contribution in [3.63, 3.8) is 0 Å². The van der Waals surface area contributed by atoms with Gasteiger partial charge in [0.2, 0.25) is 0 Å². The van der Waals surface area contributed by atoms with Gasteiger partial charge in [0.1, 0.15) is 12.0 Å². The molecule has 1 aliphatic carbocycles. The molecule has 5 nitrogen and oxygen atoms in total. The molecule has 0 heterocycles. The van der Waals surface area contributed by atoms with Crippen molar-refractivity contribution < 1.29 is 9.72 Å². The summed E-state index contributed by atoms with van der Waals surface area (Å²) in [6.07, 6.45) is 4.97. The van der Waals surface area contributed by atoms with Crippen molar-refractivity contribution in [3.8, 4) is 0 Å². The van der Waals surface area contributed by atoms with Crippen molar-refractivity contribution in [2.45, 2.75) is 45.6 Å². The lowest BCUT2D eigenvalue weighted by atomic mass is 9.75. The smallest absolute Gasteiger partial charge is 0.293 e. The summed E-state index contributed by atoms with van der Waals surface area (Å²) in [6.45, 7) is 4.54. The Bertz CT molecular complexity index is 544. The molecule has 0 aromatic heterocycles. The van der Waals surface area contributed by atoms with Crippen LogP contribution in [0.4, 0.5) is 11.4 Å². The van der Waals surface area contributed by atoms with Crippen molar-refractivity contribution in [2.75, 3.05) is 11.9 Å². The number of carbonyl (C=O) groups is 1. The van der Waals surface area contributed by atoms with Crippen molar-refractivity contribution in [3.05, 3.63) is 33.9 Å². The molecule has 1 aliphatic rings. The number of carbonyl (C=O) groups excluding carboxylic acids is 1. The second kappa shape index (κ2) is 5.84. The molecule has 0 unspecified atom stereocenters. The summed E-state index contributed by atoms with van der Waals surface area (Å²) >= 11 is 0. The molecule has 114 valence electrons. The van der Waals surface area contributed by atoms with E-state index < -0.39 is 4.92 Å². The summed E-state index contributed by atoms with van der Waals surface area (Å²) in [5, 5.41) is 11.2. The van der Waals surface area contributed by atoms with E-state index in [-0.39, 0.29) is 5.69 Å². The maximum atomic E-state index is 11.2. The van der Waals surface area contributed by atoms with Crippen LogP contribution in [0.5, 0.6) is 0 Å². The van der Waals surface area contributed by atoms with Crippen molar-refractivity contribution in [1.82, 2.24) is 0 Å². The maximum Gasteiger partial charge on any atom is 0.293 e. The summed E-state index contributed by atoms with van der Waals surface area (Å²) in [5.41, 5.74) is 1.30. The number of hydrogen-bond acceptors (Lipinski definition) is 4. The van der Waals surface area contributed by atoms with Crippen LogP contribution >= 0.6 is 0 Å². The average Bonchev–Trinajstić information content (AvgIpc) is 2.45. The van der Waals surface area contributed by atoms with Gasteiger partial charge in [0.15, 0.2) is 0 Å². The van der Waals surface area contributed by atoms with E-state index in [1.165, 1.54) is 6.07 Å². The van der Waals surface area contributed by atoms with Crippen LogP contribution in [0.1, 0.15) is 49.9 Å². The number of anilines is 1. The molecular weight excluding hydrogens is 268 g/mol. The number of nitro groups is 1. The van der Waals surface area contributed by atoms with E-state index in [2.05, 4.69) is 13.8 Å². The monoisotopic (exact) mass is 290 g/mol. The van der Waals surface area contributed by atoms with E-state index in [1.807, 2.05) is 11.9 Å². The quantitative estimate of drug-likeness (QED) is 0.480. The van der Waals surface area contributed by atoms with E-state index in [1.54, 1.807) is 12.1 Å². The lowest BCUT2D eigenvalue weighted by Gasteiger charge is -2.39. The summed E-state index contributed by atoms with van der Waals surface area (Å²) in [6, 6.07) is 4.99. The summed E-state index contributed by atoms with van der Waals surface area (Å²) in [4.78, 5) is 23.6. The number of benzene rings is 1. The summed E-state index contributed by atoms with van der Waals surface area (Å²) in [7, 11) is 1.91. The van der Waals surface area contributed by atoms with Gasteiger partial charge in [-0.1, -0.05) is 13.8 Å². The third-order valence-electron chi connectivity index (χ3n) is 4.57. The first-order valence-electron chi connectivity index (χ1n) is 7.30. The van der Waals surface area contributed by atoms with Crippen LogP contribution in [0, 0.1) is 15.5 Å². The van der Waals surface area contributed by atoms with Crippen molar-refractivity contribution in [2.24, 2.45) is 5.41 Å². The Labute approximate surface area is 125 Å². The van der Waals surface area contributed by atoms with Gasteiger partial charge in [-0.3, -0.25) is 14.9 Å². The van der Waals surface area contributed by atoms with E-state index in [0.717, 1.165) is 25.7 Å². The highest BCUT2D eigenvalue weighted by atomic mass is 16.6. The molecule has 0 amide bonds. The number of nitro benzene ring substituents is 1. The van der Waals surface area contributed by atoms with Gasteiger partial charge in [-0.25, -0.2) is 0 Å². The van der Waals surface area contributed by atoms with Crippen LogP contribution in [0.15, 0.2) is 18.2 Å². The van der Waals surface area contributed by atoms with Crippen molar-refractivity contribution >= 4 is 17.7 Å². The summed E-state index contributed by atoms with van der Waals surface area (Å²) in [5.74, 6) is 0. The Hall–Kier alpha value is -1.91. The fourth-order valence-corrected chi connectivity index (χ4v) is 3.03. The van der Waals surface area contributed by atoms with Gasteiger partial charge in [-0.05, 0) is 43.2 Å². The SMILES string of the molecule is CN(c1ccc(C=O)cc1[N+](=O)[O-])C1CCC(C)(C)CC1. The molecule has 0 radical (unpaired) electrons. The van der Waals surface area contributed by atoms with Crippen LogP contribution < -0.4 is 4.90 Å². The molecular formula is C16H22N2O3. The van der Waals surface area contributed by atoms with E-state index in [9.17, 15) is 14.9 Å². The van der Waals surface area contributed by atoms with Gasteiger partial charge in [0.25, 0.3) is 5.69 Å². The number of nitrogens with zero attached hydrogens (tertiary/aromatic N) is 2. The van der Waals surface area contributed by atoms with Gasteiger partial charge in [-0.15, -0.1) is 0 Å². The Balaban J connectivity index is 2.25. The molecule has 0 spiro atoms. The third-order valence-corrected chi connectivity index (χ3v) is 4.57. The lowest BCUT2D eigenvalue weighted by molar-refractivity contribution is -0.384. The minimum absolute atomic E-state index is 0.00642. The highest BCUT2D eigenvalue weighted by Crippen LogP contribution is 2.39. The largest absolute Gasteiger partial charge is 0.366 e. The Morgan fingerprint density at radius 3 is 2.48 bits per heavy atom. The molecule has 0 atom stereocenters. The predicted molar refractivity (Wildman–Crippen MR) is 82.9 cm³/mol. The Kier molecular flexibility index (Phi) is 4.30. The maximum absolute atomic E-state index is 11.2. The van der Waals surface area contributed by atoms with Crippen LogP contribution in [0.2, 0.25) is 0 Å². The Morgan fingerprint density at radius 1 is 1.33 bits per heavy atom. The first kappa shape index (κ1) is 15.5. The molecule has 0 saturated heterocycles. The molecule has 0 N–H and O–H groups in total. The summed E-state index contributed by atoms with van der Waals surface area (Å²) < 4.78 is 0. The molecule has 5 heteroatoms. The first-order valence-corrected chi connectivity index (χ1v) is 7.30. The highest BCUT2D eigenvalue weighted by Gasteiger charge is 2.31. The second-order valence-corrected chi connectivity index (χ2v) is 6.63. The Morgan fingerprint density at radius 2 is 1.95 bits per heavy atom. The predicted octanol–water partition coefficient (Wildman–Crippen LogP) is 3.81. The minimum atomic E-state index is -0.411. The van der Waals surface area contributed by atoms with Gasteiger partial charge >= 0.3 is 0 Å². The molecule has 21 heavy (non-hydrogen) atoms. The average molecular weight is 290 g/mol. The molecule has 1 aromatic rings. The van der Waals surface area contributed by atoms with Crippen LogP contribution in [0.3, 0.4) is 0 Å². The molecule has 2 rings (SSSR count). The minimum Gasteiger partial charge on any atom is -0.366 e. The molecule has 0 aliphatic heterocycles. The van der Waals surface area contributed by atoms with E-state index in [4.69, 9.17) is 0 Å². The number of aldehydes is 1. The normalized spacial score (nSPS) is 18.2. The zero-order valence-corrected chi connectivity index (χ0v) is 12.8. The molecule has 1 saturated carbocycles. The standard InChI is InChI=1S/C16H22N2O3/c1-16(2)8-6-13(7-9-16)17(3)14-5-4-12(11-19)10-15(14)18(20)21/h4-5,10-11,13H,6-9H2,1-3H3. The fourth-order valence-electron chi connectivity index (χ4n) is 3.03. The zero-order valence-electron chi connectivity index (χ0n) is 12.8. The number of rotatable bonds is 4. The van der Waals surface area contributed by atoms with Crippen LogP contribution in [-0.2, 0) is 0 Å². The van der Waals surface area contributed by atoms with Gasteiger partial charge < -0.3 is 4.90 Å². The lowest BCUT2D eigenvalue weighted by Crippen LogP contribution is -2.37. The zero-order chi connectivity index (χ0) is 15.6. The van der Waals surface area contributed by atoms with E-state index >= 15 is 0 Å². The van der Waals surface area contributed by atoms with Crippen LogP contribution in [-0.4, -0.2) is 24.3 Å². The first-order chi connectivity index (χ1) is 9.84. The number of hydrogen-bond donors (Lipinski definition) is 0. The fraction of sp³-hybridized carbons (Fsp3) is 0.562. The van der Waals surface area contributed by atoms with Gasteiger partial charge in [0, 0.05) is 24.7 Å². The third kappa shape index (κ3) is 3.40. The van der Waals surface area contributed by atoms with Gasteiger partial charge in [0.05, 0.1) is 4.92 Å². The van der Waals surface area contributed by atoms with Gasteiger partial charge in [-0.2, -0.15) is 0 Å². The van der Waals surface area contributed by atoms with Crippen molar-refractivity contribution in [1.29, 1.82) is 0 Å². The topological polar surface area (TPSA) is 63.5 Å². The highest BCUT2D eigenvalue weighted by molar-refractivity contribution is 5.79.